The maximum absolute atomic E-state index is 11.7. The highest BCUT2D eigenvalue weighted by Gasteiger charge is 2.14. The molecule has 0 unspecified atom stereocenters. The van der Waals surface area contributed by atoms with Gasteiger partial charge in [-0.05, 0) is 25.1 Å². The van der Waals surface area contributed by atoms with Crippen LogP contribution in [0.3, 0.4) is 0 Å². The zero-order valence-electron chi connectivity index (χ0n) is 7.97. The summed E-state index contributed by atoms with van der Waals surface area (Å²) in [5, 5.41) is 0. The zero-order chi connectivity index (χ0) is 10.1. The topological polar surface area (TPSA) is 47.5 Å². The van der Waals surface area contributed by atoms with Crippen molar-refractivity contribution in [1.82, 2.24) is 4.40 Å². The van der Waals surface area contributed by atoms with Crippen LogP contribution >= 0.6 is 0 Å². The monoisotopic (exact) mass is 188 g/mol. The first-order valence-electron chi connectivity index (χ1n) is 4.55. The van der Waals surface area contributed by atoms with Gasteiger partial charge in [0.15, 0.2) is 5.78 Å². The molecule has 72 valence electrons. The summed E-state index contributed by atoms with van der Waals surface area (Å²) in [6.07, 6.45) is 3.78. The van der Waals surface area contributed by atoms with Crippen LogP contribution in [-0.2, 0) is 0 Å². The van der Waals surface area contributed by atoms with Crippen molar-refractivity contribution in [2.75, 3.05) is 0 Å². The van der Waals surface area contributed by atoms with Crippen molar-refractivity contribution in [2.45, 2.75) is 13.0 Å². The summed E-state index contributed by atoms with van der Waals surface area (Å²) >= 11 is 0. The molecule has 3 nitrogen and oxygen atoms in total. The minimum absolute atomic E-state index is 0.0151. The van der Waals surface area contributed by atoms with Gasteiger partial charge < -0.3 is 10.1 Å². The van der Waals surface area contributed by atoms with Crippen LogP contribution in [0.2, 0.25) is 0 Å². The third-order valence-corrected chi connectivity index (χ3v) is 2.25. The van der Waals surface area contributed by atoms with E-state index in [4.69, 9.17) is 5.73 Å². The summed E-state index contributed by atoms with van der Waals surface area (Å²) in [7, 11) is 0. The number of hydrogen-bond acceptors (Lipinski definition) is 2. The number of nitrogens with zero attached hydrogens (tertiary/aromatic N) is 1. The standard InChI is InChI=1S/C11H12N2O/c1-8(12)11(14)9-5-7-13-6-3-2-4-10(9)13/h2-8H,12H2,1H3/t8-/m1/s1. The molecule has 0 spiro atoms. The van der Waals surface area contributed by atoms with Gasteiger partial charge in [0.25, 0.3) is 0 Å². The fourth-order valence-corrected chi connectivity index (χ4v) is 1.51. The van der Waals surface area contributed by atoms with Gasteiger partial charge in [-0.15, -0.1) is 0 Å². The fraction of sp³-hybridized carbons (Fsp3) is 0.182. The van der Waals surface area contributed by atoms with E-state index in [0.717, 1.165) is 5.52 Å². The molecule has 14 heavy (non-hydrogen) atoms. The molecule has 0 aromatic carbocycles. The van der Waals surface area contributed by atoms with E-state index < -0.39 is 6.04 Å². The number of hydrogen-bond donors (Lipinski definition) is 1. The molecule has 0 fully saturated rings. The van der Waals surface area contributed by atoms with Crippen LogP contribution in [0.5, 0.6) is 0 Å². The average molecular weight is 188 g/mol. The highest BCUT2D eigenvalue weighted by Crippen LogP contribution is 2.13. The van der Waals surface area contributed by atoms with Gasteiger partial charge in [0.1, 0.15) is 0 Å². The smallest absolute Gasteiger partial charge is 0.181 e. The number of pyridine rings is 1. The number of ketones is 1. The lowest BCUT2D eigenvalue weighted by Gasteiger charge is -2.02. The van der Waals surface area contributed by atoms with Crippen LogP contribution in [0, 0.1) is 0 Å². The molecule has 1 atom stereocenters. The van der Waals surface area contributed by atoms with Crippen molar-refractivity contribution in [1.29, 1.82) is 0 Å². The molecule has 0 aliphatic heterocycles. The lowest BCUT2D eigenvalue weighted by atomic mass is 10.1. The second-order valence-corrected chi connectivity index (χ2v) is 3.38. The maximum atomic E-state index is 11.7. The molecule has 2 N–H and O–H groups in total. The van der Waals surface area contributed by atoms with Crippen LogP contribution in [0.25, 0.3) is 5.52 Å². The van der Waals surface area contributed by atoms with Crippen molar-refractivity contribution < 1.29 is 4.79 Å². The summed E-state index contributed by atoms with van der Waals surface area (Å²) < 4.78 is 1.91. The Balaban J connectivity index is 2.58. The first-order valence-corrected chi connectivity index (χ1v) is 4.55. The third-order valence-electron chi connectivity index (χ3n) is 2.25. The maximum Gasteiger partial charge on any atom is 0.181 e. The Bertz CT molecular complexity index is 471. The van der Waals surface area contributed by atoms with E-state index >= 15 is 0 Å². The molecule has 2 aromatic heterocycles. The summed E-state index contributed by atoms with van der Waals surface area (Å²) in [6.45, 7) is 1.70. The Kier molecular flexibility index (Phi) is 2.09. The van der Waals surface area contributed by atoms with E-state index in [1.165, 1.54) is 0 Å². The predicted molar refractivity (Wildman–Crippen MR) is 55.4 cm³/mol. The van der Waals surface area contributed by atoms with Crippen LogP contribution < -0.4 is 5.73 Å². The number of nitrogens with two attached hydrogens (primary N) is 1. The molecule has 0 saturated heterocycles. The van der Waals surface area contributed by atoms with Gasteiger partial charge in [0.05, 0.1) is 11.6 Å². The van der Waals surface area contributed by atoms with E-state index in [9.17, 15) is 4.79 Å². The second-order valence-electron chi connectivity index (χ2n) is 3.38. The molecular formula is C11H12N2O. The van der Waals surface area contributed by atoms with Gasteiger partial charge in [0, 0.05) is 18.0 Å². The van der Waals surface area contributed by atoms with Crippen molar-refractivity contribution >= 4 is 11.3 Å². The molecule has 2 heterocycles. The molecule has 2 rings (SSSR count). The molecular weight excluding hydrogens is 176 g/mol. The van der Waals surface area contributed by atoms with Crippen LogP contribution in [0.1, 0.15) is 17.3 Å². The van der Waals surface area contributed by atoms with Gasteiger partial charge in [0.2, 0.25) is 0 Å². The van der Waals surface area contributed by atoms with Crippen LogP contribution in [0.15, 0.2) is 36.7 Å². The molecule has 2 aromatic rings. The molecule has 0 radical (unpaired) electrons. The first-order chi connectivity index (χ1) is 6.70. The Morgan fingerprint density at radius 1 is 1.36 bits per heavy atom. The number of carbonyl (C=O) groups excluding carboxylic acids is 1. The first kappa shape index (κ1) is 8.97. The SMILES string of the molecule is C[C@@H](N)C(=O)c1ccn2ccccc12. The number of aromatic nitrogens is 1. The molecule has 0 bridgehead atoms. The number of fused-ring (bicyclic) bond motifs is 1. The Morgan fingerprint density at radius 3 is 2.86 bits per heavy atom. The zero-order valence-corrected chi connectivity index (χ0v) is 7.97. The highest BCUT2D eigenvalue weighted by atomic mass is 16.1. The van der Waals surface area contributed by atoms with Crippen molar-refractivity contribution in [3.63, 3.8) is 0 Å². The van der Waals surface area contributed by atoms with Gasteiger partial charge in [-0.2, -0.15) is 0 Å². The van der Waals surface area contributed by atoms with Crippen molar-refractivity contribution in [3.05, 3.63) is 42.2 Å². The molecule has 0 saturated carbocycles. The molecule has 3 heteroatoms. The summed E-state index contributed by atoms with van der Waals surface area (Å²) in [6, 6.07) is 7.11. The highest BCUT2D eigenvalue weighted by molar-refractivity contribution is 6.05. The molecule has 0 aliphatic carbocycles. The second kappa shape index (κ2) is 3.27. The normalized spacial score (nSPS) is 13.0. The molecule has 0 amide bonds. The largest absolute Gasteiger partial charge is 0.323 e. The van der Waals surface area contributed by atoms with Crippen LogP contribution in [-0.4, -0.2) is 16.2 Å². The lowest BCUT2D eigenvalue weighted by molar-refractivity contribution is 0.0969. The number of rotatable bonds is 2. The Hall–Kier alpha value is -1.61. The van der Waals surface area contributed by atoms with Crippen molar-refractivity contribution in [2.24, 2.45) is 5.73 Å². The third kappa shape index (κ3) is 1.32. The lowest BCUT2D eigenvalue weighted by Crippen LogP contribution is -2.26. The van der Waals surface area contributed by atoms with E-state index in [2.05, 4.69) is 0 Å². The summed E-state index contributed by atoms with van der Waals surface area (Å²) in [5.41, 5.74) is 7.17. The Labute approximate surface area is 82.1 Å². The van der Waals surface area contributed by atoms with E-state index in [0.29, 0.717) is 5.56 Å². The number of Topliss-reactive ketones (excluding diaryl/α,β-unsaturated/α-hetero) is 1. The Morgan fingerprint density at radius 2 is 2.14 bits per heavy atom. The van der Waals surface area contributed by atoms with E-state index in [1.54, 1.807) is 13.0 Å². The van der Waals surface area contributed by atoms with E-state index in [-0.39, 0.29) is 5.78 Å². The minimum Gasteiger partial charge on any atom is -0.323 e. The van der Waals surface area contributed by atoms with Gasteiger partial charge >= 0.3 is 0 Å². The van der Waals surface area contributed by atoms with E-state index in [1.807, 2.05) is 35.0 Å². The fourth-order valence-electron chi connectivity index (χ4n) is 1.51. The predicted octanol–water partition coefficient (Wildman–Crippen LogP) is 1.47. The van der Waals surface area contributed by atoms with Gasteiger partial charge in [-0.3, -0.25) is 4.79 Å². The summed E-state index contributed by atoms with van der Waals surface area (Å²) in [5.74, 6) is -0.0151. The van der Waals surface area contributed by atoms with Crippen molar-refractivity contribution in [3.8, 4) is 0 Å². The minimum atomic E-state index is -0.443. The quantitative estimate of drug-likeness (QED) is 0.725. The number of carbonyl (C=O) groups is 1. The average Bonchev–Trinajstić information content (AvgIpc) is 2.60. The van der Waals surface area contributed by atoms with Gasteiger partial charge in [-0.25, -0.2) is 0 Å². The van der Waals surface area contributed by atoms with Gasteiger partial charge in [-0.1, -0.05) is 6.07 Å². The molecule has 0 aliphatic rings. The summed E-state index contributed by atoms with van der Waals surface area (Å²) in [4.78, 5) is 11.7. The van der Waals surface area contributed by atoms with Crippen LogP contribution in [0.4, 0.5) is 0 Å².